The quantitative estimate of drug-likeness (QED) is 0.604. The van der Waals surface area contributed by atoms with Gasteiger partial charge in [0, 0.05) is 25.1 Å². The number of nitrogens with zero attached hydrogens (tertiary/aromatic N) is 5. The molecule has 0 fully saturated rings. The second-order valence-electron chi connectivity index (χ2n) is 5.56. The van der Waals surface area contributed by atoms with Crippen molar-refractivity contribution in [1.82, 2.24) is 24.6 Å². The Hall–Kier alpha value is -2.96. The summed E-state index contributed by atoms with van der Waals surface area (Å²) in [7, 11) is 0.781. The predicted octanol–water partition coefficient (Wildman–Crippen LogP) is 3.35. The number of alkyl halides is 5. The Morgan fingerprint density at radius 1 is 1.07 bits per heavy atom. The third kappa shape index (κ3) is 3.69. The summed E-state index contributed by atoms with van der Waals surface area (Å²) in [5.74, 6) is -2.87. The molecule has 28 heavy (non-hydrogen) atoms. The number of fused-ring (bicyclic) bond motifs is 1. The van der Waals surface area contributed by atoms with Crippen molar-refractivity contribution in [2.24, 2.45) is 0 Å². The van der Waals surface area contributed by atoms with Gasteiger partial charge in [-0.3, -0.25) is 9.38 Å². The summed E-state index contributed by atoms with van der Waals surface area (Å²) in [5, 5.41) is 6.87. The van der Waals surface area contributed by atoms with Crippen molar-refractivity contribution in [2.45, 2.75) is 25.3 Å². The molecule has 1 atom stereocenters. The molecule has 0 saturated carbocycles. The van der Waals surface area contributed by atoms with E-state index in [2.05, 4.69) is 29.6 Å². The highest BCUT2D eigenvalue weighted by molar-refractivity contribution is 5.59. The Bertz CT molecular complexity index is 1010. The molecule has 3 rings (SSSR count). The molecule has 1 unspecified atom stereocenters. The number of pyridine rings is 1. The molecule has 0 radical (unpaired) electrons. The number of rotatable bonds is 5. The van der Waals surface area contributed by atoms with Gasteiger partial charge in [-0.1, -0.05) is 0 Å². The first kappa shape index (κ1) is 19.8. The second-order valence-corrected chi connectivity index (χ2v) is 5.56. The summed E-state index contributed by atoms with van der Waals surface area (Å²) < 4.78 is 88.6. The van der Waals surface area contributed by atoms with Gasteiger partial charge >= 0.3 is 12.3 Å². The molecule has 0 amide bonds. The topological polar surface area (TPSA) is 74.4 Å². The van der Waals surface area contributed by atoms with Crippen molar-refractivity contribution in [3.63, 3.8) is 0 Å². The van der Waals surface area contributed by atoms with Crippen molar-refractivity contribution < 1.29 is 35.8 Å². The lowest BCUT2D eigenvalue weighted by atomic mass is 10.2. The molecule has 3 aromatic heterocycles. The van der Waals surface area contributed by atoms with E-state index in [1.807, 2.05) is 0 Å². The minimum Gasteiger partial charge on any atom is -0.463 e. The summed E-state index contributed by atoms with van der Waals surface area (Å²) in [6.07, 6.45) is -7.53. The molecule has 7 nitrogen and oxygen atoms in total. The van der Waals surface area contributed by atoms with Crippen LogP contribution in [-0.4, -0.2) is 44.0 Å². The van der Waals surface area contributed by atoms with Crippen LogP contribution < -0.4 is 4.74 Å². The number of halogens is 6. The second kappa shape index (κ2) is 6.89. The molecule has 3 aromatic rings. The fourth-order valence-corrected chi connectivity index (χ4v) is 2.13. The van der Waals surface area contributed by atoms with Crippen LogP contribution in [0.2, 0.25) is 0 Å². The lowest BCUT2D eigenvalue weighted by Crippen LogP contribution is -2.31. The van der Waals surface area contributed by atoms with Crippen molar-refractivity contribution in [2.75, 3.05) is 7.11 Å². The molecular formula is C15H11F6N5O2. The van der Waals surface area contributed by atoms with E-state index >= 15 is 0 Å². The first-order valence-corrected chi connectivity index (χ1v) is 7.56. The maximum absolute atomic E-state index is 14.1. The Kier molecular flexibility index (Phi) is 4.87. The Morgan fingerprint density at radius 3 is 2.39 bits per heavy atom. The molecule has 3 heterocycles. The fourth-order valence-electron chi connectivity index (χ4n) is 2.13. The summed E-state index contributed by atoms with van der Waals surface area (Å²) in [5.41, 5.74) is -0.0306. The first-order chi connectivity index (χ1) is 13.0. The normalized spacial score (nSPS) is 13.7. The van der Waals surface area contributed by atoms with Gasteiger partial charge in [0.2, 0.25) is 5.82 Å². The Labute approximate surface area is 152 Å². The lowest BCUT2D eigenvalue weighted by Gasteiger charge is -2.17. The molecule has 150 valence electrons. The summed E-state index contributed by atoms with van der Waals surface area (Å²) in [6.45, 7) is 0.702. The minimum absolute atomic E-state index is 0.00629. The predicted molar refractivity (Wildman–Crippen MR) is 81.0 cm³/mol. The van der Waals surface area contributed by atoms with Crippen molar-refractivity contribution in [3.8, 4) is 17.1 Å². The maximum Gasteiger partial charge on any atom is 0.425 e. The first-order valence-electron chi connectivity index (χ1n) is 7.56. The van der Waals surface area contributed by atoms with E-state index in [1.54, 1.807) is 0 Å². The average molecular weight is 407 g/mol. The summed E-state index contributed by atoms with van der Waals surface area (Å²) in [4.78, 5) is 7.45. The van der Waals surface area contributed by atoms with E-state index in [0.29, 0.717) is 6.92 Å². The van der Waals surface area contributed by atoms with Crippen LogP contribution in [-0.2, 0) is 10.8 Å². The molecular weight excluding hydrogens is 396 g/mol. The van der Waals surface area contributed by atoms with Gasteiger partial charge in [-0.25, -0.2) is 9.37 Å². The standard InChI is InChI=1S/C15H11F6N5O2/c1-7(14(17,18)19)28-12-9(16)3-8(4-23-12)10-6-26-11(5-22-10)24-25-13(26)15(20,21)27-2/h3-7H,1-2H3. The maximum atomic E-state index is 14.1. The minimum atomic E-state index is -4.70. The van der Waals surface area contributed by atoms with Crippen molar-refractivity contribution in [3.05, 3.63) is 36.3 Å². The number of hydrogen-bond acceptors (Lipinski definition) is 6. The number of aromatic nitrogens is 5. The fraction of sp³-hybridized carbons (Fsp3) is 0.333. The number of ether oxygens (including phenoxy) is 2. The third-order valence-electron chi connectivity index (χ3n) is 3.66. The van der Waals surface area contributed by atoms with Gasteiger partial charge in [0.15, 0.2) is 17.6 Å². The van der Waals surface area contributed by atoms with Gasteiger partial charge < -0.3 is 9.47 Å². The molecule has 0 N–H and O–H groups in total. The van der Waals surface area contributed by atoms with Crippen LogP contribution in [0.5, 0.6) is 5.88 Å². The zero-order valence-electron chi connectivity index (χ0n) is 14.2. The lowest BCUT2D eigenvalue weighted by molar-refractivity contribution is -0.237. The average Bonchev–Trinajstić information content (AvgIpc) is 3.06. The van der Waals surface area contributed by atoms with Crippen LogP contribution in [0.3, 0.4) is 0 Å². The van der Waals surface area contributed by atoms with Crippen molar-refractivity contribution >= 4 is 5.65 Å². The molecule has 0 saturated heterocycles. The third-order valence-corrected chi connectivity index (χ3v) is 3.66. The smallest absolute Gasteiger partial charge is 0.425 e. The van der Waals surface area contributed by atoms with E-state index in [1.165, 1.54) is 0 Å². The van der Waals surface area contributed by atoms with Crippen LogP contribution in [0.15, 0.2) is 24.7 Å². The van der Waals surface area contributed by atoms with Gasteiger partial charge in [0.25, 0.3) is 5.88 Å². The van der Waals surface area contributed by atoms with Crippen LogP contribution in [0.4, 0.5) is 26.3 Å². The Morgan fingerprint density at radius 2 is 1.79 bits per heavy atom. The van der Waals surface area contributed by atoms with E-state index in [4.69, 9.17) is 0 Å². The highest BCUT2D eigenvalue weighted by Crippen LogP contribution is 2.29. The van der Waals surface area contributed by atoms with Gasteiger partial charge in [0.05, 0.1) is 11.9 Å². The van der Waals surface area contributed by atoms with Crippen LogP contribution in [0.25, 0.3) is 16.9 Å². The van der Waals surface area contributed by atoms with Gasteiger partial charge in [-0.2, -0.15) is 22.0 Å². The van der Waals surface area contributed by atoms with Crippen LogP contribution >= 0.6 is 0 Å². The number of hydrogen-bond donors (Lipinski definition) is 0. The molecule has 0 bridgehead atoms. The molecule has 0 aromatic carbocycles. The van der Waals surface area contributed by atoms with Crippen LogP contribution in [0, 0.1) is 5.82 Å². The summed E-state index contributed by atoms with van der Waals surface area (Å²) >= 11 is 0. The zero-order valence-corrected chi connectivity index (χ0v) is 14.2. The van der Waals surface area contributed by atoms with E-state index in [0.717, 1.165) is 36.2 Å². The van der Waals surface area contributed by atoms with E-state index in [-0.39, 0.29) is 16.9 Å². The van der Waals surface area contributed by atoms with Crippen LogP contribution in [0.1, 0.15) is 12.7 Å². The van der Waals surface area contributed by atoms with Gasteiger partial charge in [-0.15, -0.1) is 10.2 Å². The highest BCUT2D eigenvalue weighted by atomic mass is 19.4. The highest BCUT2D eigenvalue weighted by Gasteiger charge is 2.39. The summed E-state index contributed by atoms with van der Waals surface area (Å²) in [6, 6.07) is 0.818. The van der Waals surface area contributed by atoms with E-state index < -0.39 is 35.9 Å². The monoisotopic (exact) mass is 407 g/mol. The van der Waals surface area contributed by atoms with E-state index in [9.17, 15) is 26.3 Å². The Balaban J connectivity index is 1.97. The SMILES string of the molecule is COC(F)(F)c1nnc2cnc(-c3cnc(OC(C)C(F)(F)F)c(F)c3)cn12. The molecule has 0 aliphatic rings. The van der Waals surface area contributed by atoms with Crippen molar-refractivity contribution in [1.29, 1.82) is 0 Å². The van der Waals surface area contributed by atoms with Gasteiger partial charge in [-0.05, 0) is 13.0 Å². The number of methoxy groups -OCH3 is 1. The molecule has 13 heteroatoms. The zero-order chi connectivity index (χ0) is 20.7. The molecule has 0 spiro atoms. The largest absolute Gasteiger partial charge is 0.463 e. The van der Waals surface area contributed by atoms with Gasteiger partial charge in [0.1, 0.15) is 0 Å². The molecule has 0 aliphatic carbocycles. The molecule has 0 aliphatic heterocycles.